The molecule has 36 heavy (non-hydrogen) atoms. The van der Waals surface area contributed by atoms with E-state index < -0.39 is 0 Å². The number of piperazine rings is 1. The van der Waals surface area contributed by atoms with Crippen molar-refractivity contribution in [3.63, 3.8) is 0 Å². The van der Waals surface area contributed by atoms with E-state index in [4.69, 9.17) is 14.2 Å². The molecule has 3 heterocycles. The molecule has 4 aromatic rings. The maximum absolute atomic E-state index is 13.2. The number of carbonyl (C=O) groups excluding carboxylic acids is 1. The largest absolute Gasteiger partial charge is 0.497 e. The lowest BCUT2D eigenvalue weighted by Gasteiger charge is -2.35. The van der Waals surface area contributed by atoms with Crippen LogP contribution in [-0.4, -0.2) is 82.8 Å². The van der Waals surface area contributed by atoms with Crippen molar-refractivity contribution in [2.24, 2.45) is 0 Å². The van der Waals surface area contributed by atoms with Gasteiger partial charge < -0.3 is 24.0 Å². The Labute approximate surface area is 208 Å². The Hall–Kier alpha value is -4.41. The molecule has 2 aromatic heterocycles. The smallest absolute Gasteiger partial charge is 0.257 e. The first-order valence-corrected chi connectivity index (χ1v) is 11.7. The Kier molecular flexibility index (Phi) is 6.52. The minimum Gasteiger partial charge on any atom is -0.497 e. The third kappa shape index (κ3) is 4.35. The van der Waals surface area contributed by atoms with E-state index in [0.29, 0.717) is 66.8 Å². The predicted octanol–water partition coefficient (Wildman–Crippen LogP) is 2.59. The van der Waals surface area contributed by atoms with Crippen LogP contribution < -0.4 is 19.1 Å². The van der Waals surface area contributed by atoms with Crippen molar-refractivity contribution in [3.8, 4) is 22.9 Å². The van der Waals surface area contributed by atoms with Gasteiger partial charge in [-0.15, -0.1) is 5.10 Å². The number of benzene rings is 2. The summed E-state index contributed by atoms with van der Waals surface area (Å²) in [5.74, 6) is 2.54. The highest BCUT2D eigenvalue weighted by atomic mass is 16.5. The standard InChI is InChI=1S/C25H27N7O4/c1-4-36-18-7-5-17(6-8-18)32-24-22(28-29-32)23(26-16-27-24)30-11-13-31(14-12-30)25(33)20-10-9-19(34-2)15-21(20)35-3/h5-10,15-16H,4,11-14H2,1-3H3. The second-order valence-electron chi connectivity index (χ2n) is 8.14. The van der Waals surface area contributed by atoms with Gasteiger partial charge in [0.2, 0.25) is 0 Å². The number of methoxy groups -OCH3 is 2. The van der Waals surface area contributed by atoms with Gasteiger partial charge in [0.25, 0.3) is 5.91 Å². The third-order valence-electron chi connectivity index (χ3n) is 6.12. The van der Waals surface area contributed by atoms with Gasteiger partial charge in [0, 0.05) is 32.2 Å². The number of carbonyl (C=O) groups is 1. The second-order valence-corrected chi connectivity index (χ2v) is 8.14. The molecule has 0 aliphatic carbocycles. The summed E-state index contributed by atoms with van der Waals surface area (Å²) in [6.45, 7) is 4.83. The quantitative estimate of drug-likeness (QED) is 0.387. The molecule has 0 atom stereocenters. The van der Waals surface area contributed by atoms with Gasteiger partial charge >= 0.3 is 0 Å². The van der Waals surface area contributed by atoms with Crippen LogP contribution in [-0.2, 0) is 0 Å². The summed E-state index contributed by atoms with van der Waals surface area (Å²) in [4.78, 5) is 26.0. The average molecular weight is 490 g/mol. The first-order chi connectivity index (χ1) is 17.6. The van der Waals surface area contributed by atoms with E-state index in [-0.39, 0.29) is 5.91 Å². The number of hydrogen-bond acceptors (Lipinski definition) is 9. The minimum atomic E-state index is -0.0802. The fourth-order valence-electron chi connectivity index (χ4n) is 4.26. The predicted molar refractivity (Wildman–Crippen MR) is 133 cm³/mol. The zero-order valence-electron chi connectivity index (χ0n) is 20.4. The van der Waals surface area contributed by atoms with Crippen LogP contribution in [0.2, 0.25) is 0 Å². The molecule has 0 radical (unpaired) electrons. The Morgan fingerprint density at radius 1 is 0.944 bits per heavy atom. The lowest BCUT2D eigenvalue weighted by atomic mass is 10.1. The average Bonchev–Trinajstić information content (AvgIpc) is 3.37. The molecule has 1 aliphatic heterocycles. The maximum Gasteiger partial charge on any atom is 0.257 e. The highest BCUT2D eigenvalue weighted by Crippen LogP contribution is 2.28. The fraction of sp³-hybridized carbons (Fsp3) is 0.320. The van der Waals surface area contributed by atoms with E-state index in [1.54, 1.807) is 37.1 Å². The van der Waals surface area contributed by atoms with Gasteiger partial charge in [0.15, 0.2) is 17.0 Å². The summed E-state index contributed by atoms with van der Waals surface area (Å²) in [5.41, 5.74) is 2.57. The van der Waals surface area contributed by atoms with E-state index in [0.717, 1.165) is 11.4 Å². The lowest BCUT2D eigenvalue weighted by Crippen LogP contribution is -2.49. The van der Waals surface area contributed by atoms with Crippen molar-refractivity contribution in [2.45, 2.75) is 6.92 Å². The highest BCUT2D eigenvalue weighted by Gasteiger charge is 2.27. The van der Waals surface area contributed by atoms with Crippen LogP contribution in [0.5, 0.6) is 17.2 Å². The molecule has 1 aliphatic rings. The summed E-state index contributed by atoms with van der Waals surface area (Å²) < 4.78 is 17.9. The van der Waals surface area contributed by atoms with Crippen molar-refractivity contribution in [3.05, 3.63) is 54.4 Å². The molecule has 0 bridgehead atoms. The molecule has 11 heteroatoms. The van der Waals surface area contributed by atoms with E-state index in [2.05, 4.69) is 25.2 Å². The van der Waals surface area contributed by atoms with Crippen molar-refractivity contribution in [1.29, 1.82) is 0 Å². The number of nitrogens with zero attached hydrogens (tertiary/aromatic N) is 7. The molecule has 2 aromatic carbocycles. The summed E-state index contributed by atoms with van der Waals surface area (Å²) in [6, 6.07) is 12.8. The van der Waals surface area contributed by atoms with Crippen LogP contribution >= 0.6 is 0 Å². The number of ether oxygens (including phenoxy) is 3. The molecule has 0 N–H and O–H groups in total. The molecule has 0 saturated carbocycles. The Balaban J connectivity index is 1.33. The molecule has 0 unspecified atom stereocenters. The van der Waals surface area contributed by atoms with Crippen LogP contribution in [0.4, 0.5) is 5.82 Å². The third-order valence-corrected chi connectivity index (χ3v) is 6.12. The highest BCUT2D eigenvalue weighted by molar-refractivity contribution is 5.97. The van der Waals surface area contributed by atoms with Gasteiger partial charge in [-0.3, -0.25) is 4.79 Å². The van der Waals surface area contributed by atoms with Gasteiger partial charge in [-0.25, -0.2) is 9.97 Å². The SMILES string of the molecule is CCOc1ccc(-n2nnc3c(N4CCN(C(=O)c5ccc(OC)cc5OC)CC4)ncnc32)cc1. The molecule has 1 fully saturated rings. The van der Waals surface area contributed by atoms with Crippen LogP contribution in [0.1, 0.15) is 17.3 Å². The molecule has 0 spiro atoms. The molecule has 5 rings (SSSR count). The van der Waals surface area contributed by atoms with Crippen molar-refractivity contribution >= 4 is 22.9 Å². The zero-order valence-corrected chi connectivity index (χ0v) is 20.4. The van der Waals surface area contributed by atoms with Crippen molar-refractivity contribution in [2.75, 3.05) is 51.9 Å². The normalized spacial score (nSPS) is 13.6. The fourth-order valence-corrected chi connectivity index (χ4v) is 4.26. The second kappa shape index (κ2) is 10.1. The molecule has 1 saturated heterocycles. The summed E-state index contributed by atoms with van der Waals surface area (Å²) in [7, 11) is 3.13. The van der Waals surface area contributed by atoms with Crippen LogP contribution in [0.3, 0.4) is 0 Å². The molecule has 11 nitrogen and oxygen atoms in total. The van der Waals surface area contributed by atoms with Crippen LogP contribution in [0.15, 0.2) is 48.8 Å². The molecular weight excluding hydrogens is 462 g/mol. The summed E-state index contributed by atoms with van der Waals surface area (Å²) in [5, 5.41) is 8.70. The first-order valence-electron chi connectivity index (χ1n) is 11.7. The first kappa shape index (κ1) is 23.3. The zero-order chi connectivity index (χ0) is 25.1. The maximum atomic E-state index is 13.2. The number of fused-ring (bicyclic) bond motifs is 1. The van der Waals surface area contributed by atoms with Gasteiger partial charge in [0.05, 0.1) is 32.1 Å². The number of hydrogen-bond donors (Lipinski definition) is 0. The van der Waals surface area contributed by atoms with E-state index in [9.17, 15) is 4.79 Å². The van der Waals surface area contributed by atoms with Gasteiger partial charge in [-0.1, -0.05) is 5.21 Å². The van der Waals surface area contributed by atoms with Gasteiger partial charge in [0.1, 0.15) is 23.6 Å². The van der Waals surface area contributed by atoms with Gasteiger partial charge in [-0.2, -0.15) is 4.68 Å². The topological polar surface area (TPSA) is 108 Å². The summed E-state index contributed by atoms with van der Waals surface area (Å²) >= 11 is 0. The molecule has 1 amide bonds. The van der Waals surface area contributed by atoms with Crippen LogP contribution in [0, 0.1) is 0 Å². The Morgan fingerprint density at radius 3 is 2.39 bits per heavy atom. The monoisotopic (exact) mass is 489 g/mol. The number of rotatable bonds is 7. The van der Waals surface area contributed by atoms with Crippen molar-refractivity contribution < 1.29 is 19.0 Å². The number of anilines is 1. The van der Waals surface area contributed by atoms with E-state index in [1.807, 2.05) is 36.1 Å². The Morgan fingerprint density at radius 2 is 1.69 bits per heavy atom. The van der Waals surface area contributed by atoms with Crippen LogP contribution in [0.25, 0.3) is 16.9 Å². The molecular formula is C25H27N7O4. The Bertz CT molecular complexity index is 1360. The number of aromatic nitrogens is 5. The number of amides is 1. The summed E-state index contributed by atoms with van der Waals surface area (Å²) in [6.07, 6.45) is 1.52. The molecule has 186 valence electrons. The van der Waals surface area contributed by atoms with Gasteiger partial charge in [-0.05, 0) is 43.3 Å². The van der Waals surface area contributed by atoms with Crippen molar-refractivity contribution in [1.82, 2.24) is 29.9 Å². The minimum absolute atomic E-state index is 0.0802. The van der Waals surface area contributed by atoms with E-state index in [1.165, 1.54) is 6.33 Å². The lowest BCUT2D eigenvalue weighted by molar-refractivity contribution is 0.0743. The van der Waals surface area contributed by atoms with E-state index >= 15 is 0 Å².